The lowest BCUT2D eigenvalue weighted by atomic mass is 10.1. The molecule has 0 amide bonds. The van der Waals surface area contributed by atoms with Crippen molar-refractivity contribution < 1.29 is 22.0 Å². The van der Waals surface area contributed by atoms with Gasteiger partial charge in [0.15, 0.2) is 0 Å². The zero-order chi connectivity index (χ0) is 26.0. The smallest absolute Gasteiger partial charge is 0.372 e. The van der Waals surface area contributed by atoms with E-state index in [0.29, 0.717) is 51.8 Å². The number of H-pyrrole nitrogens is 1. The van der Waals surface area contributed by atoms with E-state index in [1.54, 1.807) is 18.9 Å². The summed E-state index contributed by atoms with van der Waals surface area (Å²) >= 11 is 0. The number of nitrogens with zero attached hydrogens (tertiary/aromatic N) is 4. The zero-order valence-corrected chi connectivity index (χ0v) is 20.1. The summed E-state index contributed by atoms with van der Waals surface area (Å²) in [5.74, 6) is -2.50. The maximum absolute atomic E-state index is 13.6. The van der Waals surface area contributed by atoms with Crippen molar-refractivity contribution in [3.05, 3.63) is 63.5 Å². The van der Waals surface area contributed by atoms with Gasteiger partial charge in [0.25, 0.3) is 11.5 Å². The standard InChI is InChI=1S/C23H31F5N6O/c1-15(7-8-29-16(2)19-13-18(22(3,24)25)21(35)31-30-19)33-9-11-34(12-10-33)20-6-5-17(14-32(20)4)23(26,27)28/h5-6,13,16,29H,1,7-12,14H2,2-4H3,(H,31,35). The normalized spacial score (nSPS) is 18.3. The van der Waals surface area contributed by atoms with Crippen molar-refractivity contribution in [3.8, 4) is 0 Å². The highest BCUT2D eigenvalue weighted by atomic mass is 19.4. The molecule has 194 valence electrons. The Bertz CT molecular complexity index is 1030. The predicted molar refractivity (Wildman–Crippen MR) is 123 cm³/mol. The van der Waals surface area contributed by atoms with Crippen LogP contribution in [-0.2, 0) is 5.92 Å². The van der Waals surface area contributed by atoms with Crippen LogP contribution in [0.4, 0.5) is 22.0 Å². The summed E-state index contributed by atoms with van der Waals surface area (Å²) in [5.41, 5.74) is -0.873. The largest absolute Gasteiger partial charge is 0.414 e. The van der Waals surface area contributed by atoms with E-state index >= 15 is 0 Å². The molecule has 0 bridgehead atoms. The topological polar surface area (TPSA) is 67.5 Å². The van der Waals surface area contributed by atoms with E-state index in [2.05, 4.69) is 31.9 Å². The molecule has 1 saturated heterocycles. The van der Waals surface area contributed by atoms with Gasteiger partial charge in [-0.3, -0.25) is 4.79 Å². The molecule has 12 heteroatoms. The highest BCUT2D eigenvalue weighted by Crippen LogP contribution is 2.30. The SMILES string of the molecule is C=C(CCNC(C)c1cc(C(C)(F)F)c(=O)[nH]n1)N1CCN(C2=CC=C(C(F)(F)F)CN2C)CC1. The first-order valence-corrected chi connectivity index (χ1v) is 11.4. The molecule has 2 N–H and O–H groups in total. The molecular formula is C23H31F5N6O. The number of rotatable bonds is 8. The Morgan fingerprint density at radius 1 is 1.20 bits per heavy atom. The third-order valence-electron chi connectivity index (χ3n) is 6.25. The van der Waals surface area contributed by atoms with Gasteiger partial charge in [-0.15, -0.1) is 0 Å². The number of likely N-dealkylation sites (N-methyl/N-ethyl adjacent to an activating group) is 1. The number of piperazine rings is 1. The average molecular weight is 503 g/mol. The van der Waals surface area contributed by atoms with Gasteiger partial charge in [-0.25, -0.2) is 13.9 Å². The molecule has 0 radical (unpaired) electrons. The maximum atomic E-state index is 13.6. The summed E-state index contributed by atoms with van der Waals surface area (Å²) in [4.78, 5) is 17.4. The minimum absolute atomic E-state index is 0.173. The molecule has 0 saturated carbocycles. The number of halogens is 5. The van der Waals surface area contributed by atoms with Crippen molar-refractivity contribution in [1.82, 2.24) is 30.2 Å². The van der Waals surface area contributed by atoms with Crippen molar-refractivity contribution in [1.29, 1.82) is 0 Å². The van der Waals surface area contributed by atoms with Crippen LogP contribution in [0.2, 0.25) is 0 Å². The molecule has 2 aliphatic heterocycles. The van der Waals surface area contributed by atoms with Crippen LogP contribution in [0.5, 0.6) is 0 Å². The van der Waals surface area contributed by atoms with E-state index in [0.717, 1.165) is 23.7 Å². The summed E-state index contributed by atoms with van der Waals surface area (Å²) in [5, 5.41) is 9.21. The van der Waals surface area contributed by atoms with Gasteiger partial charge >= 0.3 is 6.18 Å². The highest BCUT2D eigenvalue weighted by molar-refractivity contribution is 5.27. The third kappa shape index (κ3) is 6.62. The second-order valence-electron chi connectivity index (χ2n) is 8.96. The van der Waals surface area contributed by atoms with Gasteiger partial charge in [0, 0.05) is 65.0 Å². The second-order valence-corrected chi connectivity index (χ2v) is 8.96. The monoisotopic (exact) mass is 502 g/mol. The quantitative estimate of drug-likeness (QED) is 0.532. The highest BCUT2D eigenvalue weighted by Gasteiger charge is 2.36. The van der Waals surface area contributed by atoms with Crippen LogP contribution in [0.25, 0.3) is 0 Å². The lowest BCUT2D eigenvalue weighted by molar-refractivity contribution is -0.0956. The van der Waals surface area contributed by atoms with Crippen LogP contribution < -0.4 is 10.9 Å². The molecule has 3 rings (SSSR count). The molecule has 2 aliphatic rings. The molecule has 1 aromatic heterocycles. The van der Waals surface area contributed by atoms with Gasteiger partial charge in [0.1, 0.15) is 5.82 Å². The number of hydrogen-bond acceptors (Lipinski definition) is 6. The van der Waals surface area contributed by atoms with Gasteiger partial charge < -0.3 is 20.0 Å². The minimum atomic E-state index is -4.32. The van der Waals surface area contributed by atoms with Gasteiger partial charge in [0.05, 0.1) is 16.8 Å². The third-order valence-corrected chi connectivity index (χ3v) is 6.25. The van der Waals surface area contributed by atoms with Gasteiger partial charge in [0.2, 0.25) is 0 Å². The number of alkyl halides is 5. The Labute approximate surface area is 201 Å². The Hall–Kier alpha value is -2.89. The summed E-state index contributed by atoms with van der Waals surface area (Å²) in [6, 6.07) is 0.759. The van der Waals surface area contributed by atoms with Crippen LogP contribution in [0.15, 0.2) is 46.7 Å². The molecule has 1 aromatic rings. The zero-order valence-electron chi connectivity index (χ0n) is 20.1. The Morgan fingerprint density at radius 2 is 1.86 bits per heavy atom. The lowest BCUT2D eigenvalue weighted by Gasteiger charge is -2.42. The first kappa shape index (κ1) is 26.7. The molecular weight excluding hydrogens is 471 g/mol. The molecule has 35 heavy (non-hydrogen) atoms. The van der Waals surface area contributed by atoms with E-state index in [9.17, 15) is 26.7 Å². The summed E-state index contributed by atoms with van der Waals surface area (Å²) < 4.78 is 66.1. The Morgan fingerprint density at radius 3 is 2.43 bits per heavy atom. The summed E-state index contributed by atoms with van der Waals surface area (Å²) in [7, 11) is 1.66. The molecule has 0 aromatic carbocycles. The first-order valence-electron chi connectivity index (χ1n) is 11.4. The first-order chi connectivity index (χ1) is 16.3. The van der Waals surface area contributed by atoms with Gasteiger partial charge in [-0.05, 0) is 31.6 Å². The van der Waals surface area contributed by atoms with E-state index < -0.39 is 28.8 Å². The van der Waals surface area contributed by atoms with Crippen molar-refractivity contribution >= 4 is 0 Å². The van der Waals surface area contributed by atoms with E-state index in [-0.39, 0.29) is 12.6 Å². The Balaban J connectivity index is 1.48. The van der Waals surface area contributed by atoms with Gasteiger partial charge in [-0.1, -0.05) is 6.58 Å². The fraction of sp³-hybridized carbons (Fsp3) is 0.565. The molecule has 0 spiro atoms. The predicted octanol–water partition coefficient (Wildman–Crippen LogP) is 3.33. The average Bonchev–Trinajstić information content (AvgIpc) is 2.78. The van der Waals surface area contributed by atoms with Gasteiger partial charge in [-0.2, -0.15) is 18.3 Å². The maximum Gasteiger partial charge on any atom is 0.414 e. The second kappa shape index (κ2) is 10.4. The van der Waals surface area contributed by atoms with Crippen molar-refractivity contribution in [2.24, 2.45) is 0 Å². The van der Waals surface area contributed by atoms with Crippen LogP contribution in [-0.4, -0.2) is 77.4 Å². The van der Waals surface area contributed by atoms with Crippen molar-refractivity contribution in [2.45, 2.75) is 38.4 Å². The lowest BCUT2D eigenvalue weighted by Crippen LogP contribution is -2.48. The summed E-state index contributed by atoms with van der Waals surface area (Å²) in [6.45, 7) is 9.62. The van der Waals surface area contributed by atoms with Crippen LogP contribution >= 0.6 is 0 Å². The van der Waals surface area contributed by atoms with Crippen molar-refractivity contribution in [3.63, 3.8) is 0 Å². The number of nitrogens with one attached hydrogen (secondary N) is 2. The van der Waals surface area contributed by atoms with Crippen molar-refractivity contribution in [2.75, 3.05) is 46.3 Å². The van der Waals surface area contributed by atoms with E-state index in [1.165, 1.54) is 6.08 Å². The van der Waals surface area contributed by atoms with Crippen LogP contribution in [0.3, 0.4) is 0 Å². The molecule has 1 unspecified atom stereocenters. The Kier molecular flexibility index (Phi) is 7.93. The number of hydrogen-bond donors (Lipinski definition) is 2. The van der Waals surface area contributed by atoms with Crippen LogP contribution in [0, 0.1) is 0 Å². The molecule has 7 nitrogen and oxygen atoms in total. The van der Waals surface area contributed by atoms with E-state index in [1.807, 2.05) is 0 Å². The fourth-order valence-corrected chi connectivity index (χ4v) is 4.14. The van der Waals surface area contributed by atoms with Crippen LogP contribution in [0.1, 0.15) is 37.6 Å². The molecule has 1 atom stereocenters. The van der Waals surface area contributed by atoms with E-state index in [4.69, 9.17) is 0 Å². The fourth-order valence-electron chi connectivity index (χ4n) is 4.14. The molecule has 0 aliphatic carbocycles. The minimum Gasteiger partial charge on any atom is -0.372 e. The number of allylic oxidation sites excluding steroid dienone is 2. The number of aromatic nitrogens is 2. The summed E-state index contributed by atoms with van der Waals surface area (Å²) in [6.07, 6.45) is -1.04. The molecule has 1 fully saturated rings. The molecule has 3 heterocycles. The number of aromatic amines is 1.